The first kappa shape index (κ1) is 17.9. The van der Waals surface area contributed by atoms with E-state index >= 15 is 0 Å². The van der Waals surface area contributed by atoms with E-state index in [0.717, 1.165) is 5.56 Å². The van der Waals surface area contributed by atoms with Crippen LogP contribution in [0.3, 0.4) is 0 Å². The minimum absolute atomic E-state index is 0.0241. The molecule has 0 aliphatic rings. The lowest BCUT2D eigenvalue weighted by atomic mass is 10.2. The van der Waals surface area contributed by atoms with Gasteiger partial charge in [0.25, 0.3) is 5.91 Å². The second-order valence-electron chi connectivity index (χ2n) is 5.60. The van der Waals surface area contributed by atoms with Crippen molar-refractivity contribution in [3.05, 3.63) is 29.6 Å². The molecule has 0 fully saturated rings. The van der Waals surface area contributed by atoms with E-state index in [1.165, 1.54) is 17.0 Å². The first-order chi connectivity index (χ1) is 10.3. The Hall–Kier alpha value is -2.11. The molecule has 0 radical (unpaired) electrons. The first-order valence-corrected chi connectivity index (χ1v) is 7.18. The Morgan fingerprint density at radius 1 is 1.36 bits per heavy atom. The second kappa shape index (κ2) is 8.36. The molecule has 0 unspecified atom stereocenters. The van der Waals surface area contributed by atoms with Crippen molar-refractivity contribution in [3.63, 3.8) is 0 Å². The molecular weight excluding hydrogens is 289 g/mol. The Kier molecular flexibility index (Phi) is 6.82. The normalized spacial score (nSPS) is 10.6. The standard InChI is InChI=1S/C16H22FNO4/c1-11(2)9-18(7-6-16(20)21)15(19)10-22-14-8-12(3)4-5-13(14)17/h4-5,8,11H,6-7,9-10H2,1-3H3,(H,20,21). The number of hydrogen-bond donors (Lipinski definition) is 1. The summed E-state index contributed by atoms with van der Waals surface area (Å²) in [6.07, 6.45) is -0.128. The van der Waals surface area contributed by atoms with E-state index in [9.17, 15) is 14.0 Å². The van der Waals surface area contributed by atoms with Crippen molar-refractivity contribution in [2.24, 2.45) is 5.92 Å². The molecule has 6 heteroatoms. The van der Waals surface area contributed by atoms with E-state index < -0.39 is 11.8 Å². The first-order valence-electron chi connectivity index (χ1n) is 7.18. The molecule has 0 bridgehead atoms. The van der Waals surface area contributed by atoms with Gasteiger partial charge in [-0.3, -0.25) is 9.59 Å². The average molecular weight is 311 g/mol. The summed E-state index contributed by atoms with van der Waals surface area (Å²) in [4.78, 5) is 24.2. The molecule has 1 amide bonds. The van der Waals surface area contributed by atoms with Crippen molar-refractivity contribution in [1.82, 2.24) is 4.90 Å². The maximum absolute atomic E-state index is 13.6. The van der Waals surface area contributed by atoms with E-state index in [0.29, 0.717) is 6.54 Å². The highest BCUT2D eigenvalue weighted by molar-refractivity contribution is 5.78. The molecule has 22 heavy (non-hydrogen) atoms. The van der Waals surface area contributed by atoms with Crippen molar-refractivity contribution in [1.29, 1.82) is 0 Å². The molecule has 0 heterocycles. The fourth-order valence-electron chi connectivity index (χ4n) is 1.94. The monoisotopic (exact) mass is 311 g/mol. The number of aliphatic carboxylic acids is 1. The maximum atomic E-state index is 13.6. The highest BCUT2D eigenvalue weighted by Crippen LogP contribution is 2.18. The Morgan fingerprint density at radius 2 is 2.05 bits per heavy atom. The van der Waals surface area contributed by atoms with Crippen molar-refractivity contribution in [2.45, 2.75) is 27.2 Å². The predicted octanol–water partition coefficient (Wildman–Crippen LogP) is 2.47. The van der Waals surface area contributed by atoms with Crippen molar-refractivity contribution >= 4 is 11.9 Å². The SMILES string of the molecule is Cc1ccc(F)c(OCC(=O)N(CCC(=O)O)CC(C)C)c1. The largest absolute Gasteiger partial charge is 0.481 e. The number of carbonyl (C=O) groups excluding carboxylic acids is 1. The zero-order chi connectivity index (χ0) is 16.7. The summed E-state index contributed by atoms with van der Waals surface area (Å²) in [5, 5.41) is 8.73. The lowest BCUT2D eigenvalue weighted by Gasteiger charge is -2.24. The molecular formula is C16H22FNO4. The van der Waals surface area contributed by atoms with E-state index in [2.05, 4.69) is 0 Å². The molecule has 0 atom stereocenters. The summed E-state index contributed by atoms with van der Waals surface area (Å²) in [6.45, 7) is 5.90. The average Bonchev–Trinajstić information content (AvgIpc) is 2.43. The molecule has 122 valence electrons. The van der Waals surface area contributed by atoms with Crippen LogP contribution in [0.25, 0.3) is 0 Å². The van der Waals surface area contributed by atoms with Crippen LogP contribution in [0, 0.1) is 18.7 Å². The summed E-state index contributed by atoms with van der Waals surface area (Å²) in [5.41, 5.74) is 0.828. The number of carboxylic acids is 1. The molecule has 1 aromatic rings. The van der Waals surface area contributed by atoms with Crippen LogP contribution in [-0.2, 0) is 9.59 Å². The fourth-order valence-corrected chi connectivity index (χ4v) is 1.94. The molecule has 5 nitrogen and oxygen atoms in total. The van der Waals surface area contributed by atoms with Gasteiger partial charge >= 0.3 is 5.97 Å². The second-order valence-corrected chi connectivity index (χ2v) is 5.60. The van der Waals surface area contributed by atoms with Gasteiger partial charge in [0.1, 0.15) is 0 Å². The molecule has 1 aromatic carbocycles. The number of aryl methyl sites for hydroxylation is 1. The summed E-state index contributed by atoms with van der Waals surface area (Å²) < 4.78 is 18.8. The number of rotatable bonds is 8. The quantitative estimate of drug-likeness (QED) is 0.801. The fraction of sp³-hybridized carbons (Fsp3) is 0.500. The molecule has 0 aromatic heterocycles. The number of halogens is 1. The van der Waals surface area contributed by atoms with Crippen LogP contribution >= 0.6 is 0 Å². The summed E-state index contributed by atoms with van der Waals surface area (Å²) >= 11 is 0. The summed E-state index contributed by atoms with van der Waals surface area (Å²) in [7, 11) is 0. The summed E-state index contributed by atoms with van der Waals surface area (Å²) in [5.74, 6) is -1.62. The minimum atomic E-state index is -0.966. The van der Waals surface area contributed by atoms with Crippen LogP contribution in [0.1, 0.15) is 25.8 Å². The van der Waals surface area contributed by atoms with Gasteiger partial charge in [-0.1, -0.05) is 19.9 Å². The third kappa shape index (κ3) is 6.11. The van der Waals surface area contributed by atoms with Crippen LogP contribution in [-0.4, -0.2) is 41.6 Å². The van der Waals surface area contributed by atoms with Gasteiger partial charge < -0.3 is 14.7 Å². The van der Waals surface area contributed by atoms with Gasteiger partial charge in [-0.25, -0.2) is 4.39 Å². The van der Waals surface area contributed by atoms with Gasteiger partial charge in [0.05, 0.1) is 6.42 Å². The van der Waals surface area contributed by atoms with Crippen LogP contribution < -0.4 is 4.74 Å². The lowest BCUT2D eigenvalue weighted by molar-refractivity contribution is -0.139. The topological polar surface area (TPSA) is 66.8 Å². The van der Waals surface area contributed by atoms with Crippen LogP contribution in [0.15, 0.2) is 18.2 Å². The zero-order valence-corrected chi connectivity index (χ0v) is 13.1. The van der Waals surface area contributed by atoms with Crippen molar-refractivity contribution in [2.75, 3.05) is 19.7 Å². The van der Waals surface area contributed by atoms with Crippen molar-refractivity contribution < 1.29 is 23.8 Å². The van der Waals surface area contributed by atoms with Gasteiger partial charge in [-0.05, 0) is 30.5 Å². The summed E-state index contributed by atoms with van der Waals surface area (Å²) in [6, 6.07) is 4.42. The van der Waals surface area contributed by atoms with E-state index in [1.807, 2.05) is 13.8 Å². The van der Waals surface area contributed by atoms with Crippen LogP contribution in [0.4, 0.5) is 4.39 Å². The van der Waals surface area contributed by atoms with E-state index in [1.54, 1.807) is 13.0 Å². The number of nitrogens with zero attached hydrogens (tertiary/aromatic N) is 1. The van der Waals surface area contributed by atoms with Gasteiger partial charge in [-0.15, -0.1) is 0 Å². The predicted molar refractivity (Wildman–Crippen MR) is 80.3 cm³/mol. The lowest BCUT2D eigenvalue weighted by Crippen LogP contribution is -2.39. The molecule has 1 N–H and O–H groups in total. The van der Waals surface area contributed by atoms with Crippen LogP contribution in [0.2, 0.25) is 0 Å². The number of ether oxygens (including phenoxy) is 1. The zero-order valence-electron chi connectivity index (χ0n) is 13.1. The Bertz CT molecular complexity index is 531. The smallest absolute Gasteiger partial charge is 0.305 e. The molecule has 0 saturated heterocycles. The minimum Gasteiger partial charge on any atom is -0.481 e. The van der Waals surface area contributed by atoms with Gasteiger partial charge in [-0.2, -0.15) is 0 Å². The van der Waals surface area contributed by atoms with E-state index in [4.69, 9.17) is 9.84 Å². The number of amides is 1. The van der Waals surface area contributed by atoms with E-state index in [-0.39, 0.29) is 37.1 Å². The number of benzene rings is 1. The Morgan fingerprint density at radius 3 is 2.64 bits per heavy atom. The maximum Gasteiger partial charge on any atom is 0.305 e. The van der Waals surface area contributed by atoms with Gasteiger partial charge in [0.2, 0.25) is 0 Å². The third-order valence-corrected chi connectivity index (χ3v) is 2.97. The highest BCUT2D eigenvalue weighted by Gasteiger charge is 2.17. The number of hydrogen-bond acceptors (Lipinski definition) is 3. The third-order valence-electron chi connectivity index (χ3n) is 2.97. The molecule has 0 aliphatic heterocycles. The molecule has 0 aliphatic carbocycles. The van der Waals surface area contributed by atoms with Gasteiger partial charge in [0, 0.05) is 13.1 Å². The molecule has 0 saturated carbocycles. The van der Waals surface area contributed by atoms with Gasteiger partial charge in [0.15, 0.2) is 18.2 Å². The number of carbonyl (C=O) groups is 2. The number of carboxylic acid groups (broad SMARTS) is 1. The molecule has 0 spiro atoms. The van der Waals surface area contributed by atoms with Crippen LogP contribution in [0.5, 0.6) is 5.75 Å². The highest BCUT2D eigenvalue weighted by atomic mass is 19.1. The van der Waals surface area contributed by atoms with Crippen molar-refractivity contribution in [3.8, 4) is 5.75 Å². The Labute approximate surface area is 129 Å². The Balaban J connectivity index is 2.65. The molecule has 1 rings (SSSR count).